The third-order valence-electron chi connectivity index (χ3n) is 18.4. The molecule has 0 amide bonds. The number of H-pyrrole nitrogens is 5. The maximum atomic E-state index is 12.8. The molecule has 18 aromatic rings. The van der Waals surface area contributed by atoms with Gasteiger partial charge in [0.2, 0.25) is 10.3 Å². The Bertz CT molecular complexity index is 6930. The Balaban J connectivity index is 0.000000330. The number of carbonyl (C=O) groups excluding carboxylic acids is 2. The van der Waals surface area contributed by atoms with Gasteiger partial charge in [0, 0.05) is 121 Å². The zero-order chi connectivity index (χ0) is 101. The van der Waals surface area contributed by atoms with Gasteiger partial charge in [-0.25, -0.2) is 23.8 Å². The molecule has 0 saturated carbocycles. The van der Waals surface area contributed by atoms with Crippen molar-refractivity contribution in [1.29, 1.82) is 1.28 Å². The average molecular weight is 2480 g/mol. The fourth-order valence-electron chi connectivity index (χ4n) is 11.7. The number of aromatic nitrogens is 16. The first-order valence-electron chi connectivity index (χ1n) is 40.7. The molecule has 18 rings (SSSR count). The predicted molar refractivity (Wildman–Crippen MR) is 587 cm³/mol. The van der Waals surface area contributed by atoms with Crippen LogP contribution in [0.3, 0.4) is 0 Å². The van der Waals surface area contributed by atoms with E-state index in [0.29, 0.717) is 48.2 Å². The Labute approximate surface area is 908 Å². The third kappa shape index (κ3) is 41.4. The summed E-state index contributed by atoms with van der Waals surface area (Å²) in [6, 6.07) is 62.6. The number of carbonyl (C=O) groups is 3. The summed E-state index contributed by atoms with van der Waals surface area (Å²) in [5.41, 5.74) is 46.0. The molecule has 8 aromatic heterocycles. The summed E-state index contributed by atoms with van der Waals surface area (Å²) in [4.78, 5) is 31.5. The Kier molecular flexibility index (Phi) is 54.4. The number of hydrazine groups is 1. The van der Waals surface area contributed by atoms with Crippen molar-refractivity contribution in [3.8, 4) is 31.7 Å². The number of hydrogen-bond acceptors (Lipinski definition) is 26. The van der Waals surface area contributed by atoms with Crippen LogP contribution >= 0.6 is 174 Å². The Hall–Kier alpha value is -8.90. The van der Waals surface area contributed by atoms with E-state index < -0.39 is 28.9 Å². The van der Waals surface area contributed by atoms with Crippen molar-refractivity contribution in [3.05, 3.63) is 315 Å². The van der Waals surface area contributed by atoms with E-state index in [1.54, 1.807) is 42.5 Å². The summed E-state index contributed by atoms with van der Waals surface area (Å²) in [5, 5.41) is 87.1. The number of nitrogens with one attached hydrogen (secondary N) is 7. The molecule has 30 nitrogen and oxygen atoms in total. The molecule has 8 heterocycles. The summed E-state index contributed by atoms with van der Waals surface area (Å²) in [6.07, 6.45) is 1.43. The Morgan fingerprint density at radius 1 is 0.557 bits per heavy atom. The first kappa shape index (κ1) is 122. The van der Waals surface area contributed by atoms with E-state index in [4.69, 9.17) is 40.2 Å². The average Bonchev–Trinajstić information content (AvgIpc) is 1.68. The van der Waals surface area contributed by atoms with E-state index in [-0.39, 0.29) is 92.9 Å². The van der Waals surface area contributed by atoms with Gasteiger partial charge in [-0.3, -0.25) is 39.6 Å². The monoisotopic (exact) mass is 2470 g/mol. The van der Waals surface area contributed by atoms with Crippen molar-refractivity contribution in [1.82, 2.24) is 87.0 Å². The minimum absolute atomic E-state index is 0. The van der Waals surface area contributed by atoms with Crippen LogP contribution < -0.4 is 62.2 Å². The van der Waals surface area contributed by atoms with Crippen molar-refractivity contribution in [3.63, 3.8) is 0 Å². The van der Waals surface area contributed by atoms with Crippen molar-refractivity contribution >= 4 is 285 Å². The van der Waals surface area contributed by atoms with Crippen LogP contribution in [0.1, 0.15) is 96.2 Å². The van der Waals surface area contributed by atoms with Gasteiger partial charge in [-0.05, 0) is 280 Å². The number of fused-ring (bicyclic) bond motifs is 5. The van der Waals surface area contributed by atoms with Gasteiger partial charge in [0.1, 0.15) is 32.5 Å². The minimum atomic E-state index is -3.22. The topological polar surface area (TPSA) is 510 Å². The summed E-state index contributed by atoms with van der Waals surface area (Å²) < 4.78 is 58.0. The first-order chi connectivity index (χ1) is 65.6. The van der Waals surface area contributed by atoms with E-state index in [2.05, 4.69) is 261 Å². The van der Waals surface area contributed by atoms with E-state index in [1.165, 1.54) is 94.7 Å². The number of aromatic carboxylic acids is 1. The molecule has 0 bridgehead atoms. The number of anilines is 2. The molecule has 0 aliphatic rings. The smallest absolute Gasteiger partial charge is 1.00 e. The number of aldehydes is 1. The molecule has 2 unspecified atom stereocenters. The van der Waals surface area contributed by atoms with Crippen molar-refractivity contribution in [2.75, 3.05) is 30.8 Å². The molecular weight excluding hydrogens is 2380 g/mol. The molecule has 0 spiro atoms. The zero-order valence-corrected chi connectivity index (χ0v) is 94.4. The molecule has 0 aliphatic carbocycles. The van der Waals surface area contributed by atoms with Gasteiger partial charge in [0.25, 0.3) is 0 Å². The number of Topliss-reactive ketones (excluding diaryl/α,β-unsaturated/α-hetero) is 1. The molecule has 0 fully saturated rings. The molecule has 736 valence electrons. The second kappa shape index (κ2) is 62.6. The molecule has 10 aromatic carbocycles. The number of nitrogens with two attached hydrogens (primary N) is 6. The standard InChI is InChI=1S/C19H20N6S.C10H7BrN4S.C10H9N5S.C9H8N2O2.C9H14N2.C8H8BrFO.C8H6BrFO.C8H7BrN2.C7H4BrFO.CH5N3S.CH5P.CH3.BrH.Cl3OP.Mg/c1-12-16-10-14(7-8-17(16)23-22-12)18-24-25-19(26-18)21-11-15(20)9-13-5-3-2-4-6-13;2*1-5-7-4-6(2-3-8(7)13-12-5)9-14-15-10(11)16-9;1-5-7-4-6(9(12)13)2-3-8(7)11-10-5;10-7-9(11)6-8-4-2-1-3-5-8;2*1-5(11)7-4-6(9)2-3-8(7)10;1-5-7-4-6(9)2-3-8(7)11-10-5;8-6-1-2-7(9)5(3-6)4-10;2-1(5)4-3;1-2;;;1-5(2,3)4;/h2-8,10,15H,9,11,20H2,1H3,(H,21,25)(H,22,23);2-4H,1H3,(H,12,13);2-4H,1H3,(H2,11,15)(H,12,13);2-4H,1H3,(H,10,11)(H,12,13);1-5,9H,6-7,10-11H2;2-5,11H,1H3;2-4H,1H3;2-4H,1H3,(H,10,11);1-4H;3H2,(H3,2,4,5);2H2,1H3;1H3;1H;;/q;;;;;;;;;;;-1;;;+2/p-1/t15-;;;;9-;;;;;;;;;;/m0...0........../s1/i;;;;;;;;;;2D;;;;. The summed E-state index contributed by atoms with van der Waals surface area (Å²) in [5.74, 6) is 2.15. The number of aliphatic hydroxyl groups is 1. The van der Waals surface area contributed by atoms with Crippen LogP contribution in [0.15, 0.2) is 228 Å². The van der Waals surface area contributed by atoms with E-state index in [0.717, 1.165) is 140 Å². The number of nitrogen functional groups attached to an aromatic ring is 1. The Morgan fingerprint density at radius 3 is 1.30 bits per heavy atom. The Morgan fingerprint density at radius 2 is 0.921 bits per heavy atom. The number of halogens is 12. The zero-order valence-electron chi connectivity index (χ0n) is 77.0. The van der Waals surface area contributed by atoms with Gasteiger partial charge in [-0.15, -0.1) is 39.8 Å². The first-order valence-corrected chi connectivity index (χ1v) is 52.4. The minimum Gasteiger partial charge on any atom is -1.00 e. The van der Waals surface area contributed by atoms with Crippen LogP contribution in [0.25, 0.3) is 86.2 Å². The number of rotatable bonds is 15. The number of carboxylic acids is 1. The van der Waals surface area contributed by atoms with E-state index >= 15 is 0 Å². The number of thiocarbonyl (C=S) groups is 1. The number of aliphatic hydroxyl groups excluding tert-OH is 1. The summed E-state index contributed by atoms with van der Waals surface area (Å²) in [6.45, 7) is 15.8. The van der Waals surface area contributed by atoms with Gasteiger partial charge in [0.15, 0.2) is 21.1 Å². The molecule has 0 aliphatic heterocycles. The second-order valence-electron chi connectivity index (χ2n) is 28.6. The number of benzene rings is 10. The number of aromatic amines is 5. The van der Waals surface area contributed by atoms with Crippen molar-refractivity contribution in [2.24, 2.45) is 28.8 Å². The quantitative estimate of drug-likeness (QED) is 0.00662. The van der Waals surface area contributed by atoms with Crippen molar-refractivity contribution < 1.29 is 59.3 Å². The second-order valence-corrected chi connectivity index (χ2v) is 43.6. The van der Waals surface area contributed by atoms with Gasteiger partial charge in [0.05, 0.1) is 51.7 Å². The number of ketones is 1. The predicted octanol–water partition coefficient (Wildman–Crippen LogP) is 20.1. The molecule has 0 radical (unpaired) electrons. The van der Waals surface area contributed by atoms with Crippen LogP contribution in [-0.2, 0) is 17.4 Å². The molecule has 140 heavy (non-hydrogen) atoms. The van der Waals surface area contributed by atoms with Crippen LogP contribution in [0.4, 0.5) is 23.4 Å². The molecule has 49 heteroatoms. The SMILES string of the molecule is CC(=O)c1cc(Br)ccc1F.CC(O)c1cc(Br)ccc1F.Cc1[nH]nc2ccc(-c3nnc(Br)s3)cc12.Cc1[nH]nc2ccc(-c3nnc(N)s3)cc12.Cc1[nH]nc2ccc(-c3nnc(NC[C@@H](N)Cc4ccccc4)s3)cc12.Cc1[nH]nc2ccc(Br)cc12.Cc1[nH]nc2ccc(C(=O)O)cc12.NC[C@@H](N)Cc1ccccc1.NNC(N)=S.O=Cc1cc(Br)ccc1F.O=P(Cl)(Cl)Cl.[2H]PC.[Br-].[CH3-].[Mg+2]. The normalized spacial score (nSPS) is 11.0. The summed E-state index contributed by atoms with van der Waals surface area (Å²) >= 11 is 38.7. The summed E-state index contributed by atoms with van der Waals surface area (Å²) in [7, 11) is 0.333. The van der Waals surface area contributed by atoms with Crippen LogP contribution in [0.2, 0.25) is 0 Å². The van der Waals surface area contributed by atoms with Gasteiger partial charge in [-0.2, -0.15) is 25.5 Å². The van der Waals surface area contributed by atoms with E-state index in [9.17, 15) is 32.1 Å². The van der Waals surface area contributed by atoms with Crippen LogP contribution in [-0.4, -0.2) is 171 Å². The van der Waals surface area contributed by atoms with Crippen molar-refractivity contribution in [2.45, 2.75) is 79.5 Å². The van der Waals surface area contributed by atoms with Gasteiger partial charge >= 0.3 is 34.2 Å². The largest absolute Gasteiger partial charge is 2.00 e. The van der Waals surface area contributed by atoms with Crippen LogP contribution in [0, 0.1) is 59.5 Å². The maximum Gasteiger partial charge on any atom is 2.00 e. The molecule has 0 saturated heterocycles. The molecular formula is C91H96Br6Cl3F3MgN24O6P2S4. The van der Waals surface area contributed by atoms with E-state index in [1.807, 2.05) is 138 Å². The molecule has 21 N–H and O–H groups in total. The number of nitrogens with zero attached hydrogens (tertiary/aromatic N) is 11. The molecule has 4 atom stereocenters. The number of aryl methyl sites for hydroxylation is 5. The fraction of sp³-hybridized carbons (Fsp3) is 0.165. The van der Waals surface area contributed by atoms with Gasteiger partial charge < -0.3 is 74.0 Å². The fourth-order valence-corrected chi connectivity index (χ4v) is 15.6. The third-order valence-corrected chi connectivity index (χ3v) is 23.6. The van der Waals surface area contributed by atoms with Crippen LogP contribution in [0.5, 0.6) is 0 Å². The number of hydrogen-bond donors (Lipinski definition) is 15. The number of carboxylic acid groups (broad SMARTS) is 1. The maximum absolute atomic E-state index is 12.8. The van der Waals surface area contributed by atoms with Gasteiger partial charge in [-0.1, -0.05) is 165 Å².